The van der Waals surface area contributed by atoms with Gasteiger partial charge in [-0.1, -0.05) is 6.07 Å². The van der Waals surface area contributed by atoms with Crippen LogP contribution in [0.1, 0.15) is 36.0 Å². The van der Waals surface area contributed by atoms with Gasteiger partial charge in [0.2, 0.25) is 0 Å². The van der Waals surface area contributed by atoms with Gasteiger partial charge in [-0.25, -0.2) is 8.78 Å². The first-order chi connectivity index (χ1) is 9.65. The predicted molar refractivity (Wildman–Crippen MR) is 71.4 cm³/mol. The molecule has 0 bridgehead atoms. The molecule has 20 heavy (non-hydrogen) atoms. The third-order valence-corrected chi connectivity index (χ3v) is 4.35. The molecule has 0 aliphatic carbocycles. The number of rotatable bonds is 2. The van der Waals surface area contributed by atoms with E-state index in [4.69, 9.17) is 0 Å². The fourth-order valence-corrected chi connectivity index (χ4v) is 3.30. The summed E-state index contributed by atoms with van der Waals surface area (Å²) < 4.78 is 26.7. The normalized spacial score (nSPS) is 26.3. The molecular weight excluding hydrogens is 262 g/mol. The highest BCUT2D eigenvalue weighted by Crippen LogP contribution is 2.27. The number of nitrogens with one attached hydrogen (secondary N) is 1. The van der Waals surface area contributed by atoms with E-state index >= 15 is 0 Å². The summed E-state index contributed by atoms with van der Waals surface area (Å²) >= 11 is 0. The monoisotopic (exact) mass is 280 g/mol. The average Bonchev–Trinajstić information content (AvgIpc) is 2.89. The van der Waals surface area contributed by atoms with Crippen LogP contribution in [0.25, 0.3) is 0 Å². The summed E-state index contributed by atoms with van der Waals surface area (Å²) in [5.41, 5.74) is -0.209. The van der Waals surface area contributed by atoms with Crippen molar-refractivity contribution >= 4 is 5.91 Å². The molecule has 0 aromatic heterocycles. The number of carbonyl (C=O) groups excluding carboxylic acids is 1. The van der Waals surface area contributed by atoms with Crippen LogP contribution in [-0.2, 0) is 0 Å². The van der Waals surface area contributed by atoms with Gasteiger partial charge in [-0.2, -0.15) is 0 Å². The van der Waals surface area contributed by atoms with Gasteiger partial charge in [0.25, 0.3) is 5.91 Å². The maximum absolute atomic E-state index is 13.6. The zero-order valence-electron chi connectivity index (χ0n) is 11.2. The molecule has 2 aliphatic rings. The van der Waals surface area contributed by atoms with Gasteiger partial charge in [0.1, 0.15) is 0 Å². The van der Waals surface area contributed by atoms with Crippen molar-refractivity contribution in [2.24, 2.45) is 0 Å². The number of hydrogen-bond donors (Lipinski definition) is 1. The second-order valence-corrected chi connectivity index (χ2v) is 5.63. The van der Waals surface area contributed by atoms with Crippen LogP contribution in [-0.4, -0.2) is 36.0 Å². The Labute approximate surface area is 117 Å². The molecule has 2 saturated heterocycles. The van der Waals surface area contributed by atoms with E-state index in [1.807, 2.05) is 0 Å². The Morgan fingerprint density at radius 1 is 1.25 bits per heavy atom. The third kappa shape index (κ3) is 2.54. The Morgan fingerprint density at radius 3 is 2.95 bits per heavy atom. The molecule has 1 aromatic carbocycles. The van der Waals surface area contributed by atoms with Crippen LogP contribution in [0.5, 0.6) is 0 Å². The number of amides is 1. The van der Waals surface area contributed by atoms with E-state index in [-0.39, 0.29) is 11.6 Å². The van der Waals surface area contributed by atoms with E-state index in [0.29, 0.717) is 6.04 Å². The second kappa shape index (κ2) is 5.48. The Kier molecular flexibility index (Phi) is 3.70. The summed E-state index contributed by atoms with van der Waals surface area (Å²) in [6.45, 7) is 2.12. The lowest BCUT2D eigenvalue weighted by molar-refractivity contribution is 0.0891. The van der Waals surface area contributed by atoms with E-state index in [0.717, 1.165) is 32.0 Å². The minimum absolute atomic E-state index is 0.0597. The molecule has 2 fully saturated rings. The standard InChI is InChI=1S/C15H18F2N2O/c16-13-5-1-4-12(14(13)17)15(20)18-10-6-8-19-7-2-3-11(19)9-10/h1,4-5,10-11H,2-3,6-9H2,(H,18,20). The van der Waals surface area contributed by atoms with Gasteiger partial charge in [-0.3, -0.25) is 4.79 Å². The van der Waals surface area contributed by atoms with Crippen LogP contribution < -0.4 is 5.32 Å². The van der Waals surface area contributed by atoms with Gasteiger partial charge in [-0.05, 0) is 44.4 Å². The number of nitrogens with zero attached hydrogens (tertiary/aromatic N) is 1. The van der Waals surface area contributed by atoms with Gasteiger partial charge in [0, 0.05) is 18.6 Å². The smallest absolute Gasteiger partial charge is 0.254 e. The number of carbonyl (C=O) groups is 1. The molecule has 0 radical (unpaired) electrons. The van der Waals surface area contributed by atoms with E-state index in [1.165, 1.54) is 25.0 Å². The molecule has 3 nitrogen and oxygen atoms in total. The summed E-state index contributed by atoms with van der Waals surface area (Å²) in [5.74, 6) is -2.56. The molecule has 108 valence electrons. The zero-order chi connectivity index (χ0) is 14.1. The Morgan fingerprint density at radius 2 is 2.10 bits per heavy atom. The van der Waals surface area contributed by atoms with Gasteiger partial charge < -0.3 is 10.2 Å². The van der Waals surface area contributed by atoms with Crippen molar-refractivity contribution in [2.75, 3.05) is 13.1 Å². The van der Waals surface area contributed by atoms with Crippen LogP contribution in [0.2, 0.25) is 0 Å². The van der Waals surface area contributed by atoms with Crippen LogP contribution >= 0.6 is 0 Å². The average molecular weight is 280 g/mol. The molecule has 5 heteroatoms. The molecule has 2 unspecified atom stereocenters. The maximum Gasteiger partial charge on any atom is 0.254 e. The highest BCUT2D eigenvalue weighted by molar-refractivity contribution is 5.94. The highest BCUT2D eigenvalue weighted by Gasteiger charge is 2.32. The number of hydrogen-bond acceptors (Lipinski definition) is 2. The Hall–Kier alpha value is -1.49. The van der Waals surface area contributed by atoms with Crippen LogP contribution in [0.3, 0.4) is 0 Å². The lowest BCUT2D eigenvalue weighted by atomic mass is 9.97. The lowest BCUT2D eigenvalue weighted by Crippen LogP contribution is -2.47. The van der Waals surface area contributed by atoms with Crippen molar-refractivity contribution < 1.29 is 13.6 Å². The largest absolute Gasteiger partial charge is 0.349 e. The van der Waals surface area contributed by atoms with Gasteiger partial charge in [0.15, 0.2) is 11.6 Å². The zero-order valence-corrected chi connectivity index (χ0v) is 11.2. The molecule has 3 rings (SSSR count). The molecule has 0 spiro atoms. The fraction of sp³-hybridized carbons (Fsp3) is 0.533. The summed E-state index contributed by atoms with van der Waals surface area (Å²) in [6, 6.07) is 4.28. The number of benzene rings is 1. The number of halogens is 2. The fourth-order valence-electron chi connectivity index (χ4n) is 3.30. The Balaban J connectivity index is 1.65. The van der Waals surface area contributed by atoms with E-state index in [9.17, 15) is 13.6 Å². The summed E-state index contributed by atoms with van der Waals surface area (Å²) in [4.78, 5) is 14.5. The highest BCUT2D eigenvalue weighted by atomic mass is 19.2. The minimum atomic E-state index is -1.07. The predicted octanol–water partition coefficient (Wildman–Crippen LogP) is 2.32. The maximum atomic E-state index is 13.6. The van der Waals surface area contributed by atoms with E-state index in [1.54, 1.807) is 0 Å². The SMILES string of the molecule is O=C(NC1CCN2CCCC2C1)c1cccc(F)c1F. The van der Waals surface area contributed by atoms with Gasteiger partial charge >= 0.3 is 0 Å². The van der Waals surface area contributed by atoms with E-state index in [2.05, 4.69) is 10.2 Å². The number of piperidine rings is 1. The van der Waals surface area contributed by atoms with Crippen molar-refractivity contribution in [1.29, 1.82) is 0 Å². The number of fused-ring (bicyclic) bond motifs is 1. The van der Waals surface area contributed by atoms with Crippen LogP contribution in [0.4, 0.5) is 8.78 Å². The summed E-state index contributed by atoms with van der Waals surface area (Å²) in [7, 11) is 0. The van der Waals surface area contributed by atoms with Crippen molar-refractivity contribution in [3.8, 4) is 0 Å². The lowest BCUT2D eigenvalue weighted by Gasteiger charge is -2.35. The van der Waals surface area contributed by atoms with Gasteiger partial charge in [-0.15, -0.1) is 0 Å². The quantitative estimate of drug-likeness (QED) is 0.901. The van der Waals surface area contributed by atoms with Crippen molar-refractivity contribution in [3.05, 3.63) is 35.4 Å². The first-order valence-electron chi connectivity index (χ1n) is 7.14. The third-order valence-electron chi connectivity index (χ3n) is 4.35. The molecule has 2 heterocycles. The summed E-state index contributed by atoms with van der Waals surface area (Å²) in [6.07, 6.45) is 4.16. The molecule has 1 amide bonds. The van der Waals surface area contributed by atoms with Crippen molar-refractivity contribution in [2.45, 2.75) is 37.8 Å². The second-order valence-electron chi connectivity index (χ2n) is 5.63. The summed E-state index contributed by atoms with van der Waals surface area (Å²) in [5, 5.41) is 2.84. The van der Waals surface area contributed by atoms with Crippen molar-refractivity contribution in [3.63, 3.8) is 0 Å². The van der Waals surface area contributed by atoms with Crippen molar-refractivity contribution in [1.82, 2.24) is 10.2 Å². The van der Waals surface area contributed by atoms with Gasteiger partial charge in [0.05, 0.1) is 5.56 Å². The molecular formula is C15H18F2N2O. The minimum Gasteiger partial charge on any atom is -0.349 e. The molecule has 0 saturated carbocycles. The first-order valence-corrected chi connectivity index (χ1v) is 7.14. The van der Waals surface area contributed by atoms with E-state index < -0.39 is 17.5 Å². The molecule has 2 aliphatic heterocycles. The Bertz CT molecular complexity index is 521. The first kappa shape index (κ1) is 13.5. The topological polar surface area (TPSA) is 32.3 Å². The van der Waals surface area contributed by atoms with Crippen LogP contribution in [0, 0.1) is 11.6 Å². The molecule has 1 aromatic rings. The van der Waals surface area contributed by atoms with Crippen LogP contribution in [0.15, 0.2) is 18.2 Å². The molecule has 2 atom stereocenters. The molecule has 1 N–H and O–H groups in total.